The SMILES string of the molecule is C#CCC(C)NCc1cnc2ccccc2c1. The molecule has 0 saturated carbocycles. The number of aromatic nitrogens is 1. The van der Waals surface area contributed by atoms with Gasteiger partial charge in [-0.3, -0.25) is 4.98 Å². The van der Waals surface area contributed by atoms with Crippen molar-refractivity contribution >= 4 is 10.9 Å². The molecule has 2 nitrogen and oxygen atoms in total. The van der Waals surface area contributed by atoms with Crippen molar-refractivity contribution in [2.75, 3.05) is 0 Å². The molecule has 0 amide bonds. The average Bonchev–Trinajstić information content (AvgIpc) is 2.36. The molecule has 0 aliphatic carbocycles. The molecule has 0 spiro atoms. The maximum atomic E-state index is 5.27. The minimum atomic E-state index is 0.339. The van der Waals surface area contributed by atoms with Crippen LogP contribution in [0.15, 0.2) is 36.5 Å². The topological polar surface area (TPSA) is 24.9 Å². The fourth-order valence-electron chi connectivity index (χ4n) is 1.75. The van der Waals surface area contributed by atoms with Gasteiger partial charge in [0.2, 0.25) is 0 Å². The van der Waals surface area contributed by atoms with Gasteiger partial charge in [-0.05, 0) is 24.6 Å². The first-order valence-electron chi connectivity index (χ1n) is 5.80. The number of rotatable bonds is 4. The van der Waals surface area contributed by atoms with E-state index >= 15 is 0 Å². The number of hydrogen-bond acceptors (Lipinski definition) is 2. The van der Waals surface area contributed by atoms with Gasteiger partial charge in [0.25, 0.3) is 0 Å². The van der Waals surface area contributed by atoms with Crippen LogP contribution in [0.5, 0.6) is 0 Å². The van der Waals surface area contributed by atoms with E-state index in [0.717, 1.165) is 18.5 Å². The molecular weight excluding hydrogens is 208 g/mol. The number of benzene rings is 1. The Morgan fingerprint density at radius 2 is 2.24 bits per heavy atom. The summed E-state index contributed by atoms with van der Waals surface area (Å²) in [6, 6.07) is 10.6. The molecule has 0 fully saturated rings. The van der Waals surface area contributed by atoms with Gasteiger partial charge >= 0.3 is 0 Å². The molecule has 1 atom stereocenters. The highest BCUT2D eigenvalue weighted by Crippen LogP contribution is 2.12. The Bertz CT molecular complexity index is 540. The molecule has 0 aliphatic rings. The molecule has 2 rings (SSSR count). The highest BCUT2D eigenvalue weighted by atomic mass is 14.9. The van der Waals surface area contributed by atoms with Crippen molar-refractivity contribution < 1.29 is 0 Å². The van der Waals surface area contributed by atoms with Crippen LogP contribution in [0.2, 0.25) is 0 Å². The largest absolute Gasteiger partial charge is 0.309 e. The monoisotopic (exact) mass is 224 g/mol. The smallest absolute Gasteiger partial charge is 0.0702 e. The van der Waals surface area contributed by atoms with Crippen molar-refractivity contribution in [3.63, 3.8) is 0 Å². The van der Waals surface area contributed by atoms with Gasteiger partial charge in [-0.2, -0.15) is 0 Å². The zero-order chi connectivity index (χ0) is 12.1. The lowest BCUT2D eigenvalue weighted by Crippen LogP contribution is -2.24. The Balaban J connectivity index is 2.07. The molecule has 1 aromatic carbocycles. The fraction of sp³-hybridized carbons (Fsp3) is 0.267. The Morgan fingerprint density at radius 1 is 1.41 bits per heavy atom. The minimum Gasteiger partial charge on any atom is -0.309 e. The van der Waals surface area contributed by atoms with E-state index in [4.69, 9.17) is 6.42 Å². The molecular formula is C15H16N2. The van der Waals surface area contributed by atoms with Crippen LogP contribution in [-0.2, 0) is 6.54 Å². The summed E-state index contributed by atoms with van der Waals surface area (Å²) in [6.45, 7) is 2.90. The summed E-state index contributed by atoms with van der Waals surface area (Å²) in [5, 5.41) is 4.56. The summed E-state index contributed by atoms with van der Waals surface area (Å²) >= 11 is 0. The van der Waals surface area contributed by atoms with Crippen molar-refractivity contribution in [1.29, 1.82) is 0 Å². The first kappa shape index (κ1) is 11.6. The Kier molecular flexibility index (Phi) is 3.74. The standard InChI is InChI=1S/C15H16N2/c1-3-6-12(2)16-10-13-9-14-7-4-5-8-15(14)17-11-13/h1,4-5,7-9,11-12,16H,6,10H2,2H3. The number of hydrogen-bond donors (Lipinski definition) is 1. The van der Waals surface area contributed by atoms with Crippen LogP contribution in [0.4, 0.5) is 0 Å². The first-order chi connectivity index (χ1) is 8.29. The third-order valence-electron chi connectivity index (χ3n) is 2.73. The predicted octanol–water partition coefficient (Wildman–Crippen LogP) is 2.74. The maximum Gasteiger partial charge on any atom is 0.0702 e. The second-order valence-electron chi connectivity index (χ2n) is 4.23. The Labute approximate surface area is 102 Å². The van der Waals surface area contributed by atoms with Gasteiger partial charge in [-0.1, -0.05) is 18.2 Å². The summed E-state index contributed by atoms with van der Waals surface area (Å²) in [5.41, 5.74) is 2.22. The van der Waals surface area contributed by atoms with E-state index < -0.39 is 0 Å². The van der Waals surface area contributed by atoms with Crippen LogP contribution in [0.3, 0.4) is 0 Å². The van der Waals surface area contributed by atoms with Crippen LogP contribution < -0.4 is 5.32 Å². The van der Waals surface area contributed by atoms with Crippen LogP contribution in [0.1, 0.15) is 18.9 Å². The highest BCUT2D eigenvalue weighted by Gasteiger charge is 2.01. The van der Waals surface area contributed by atoms with E-state index in [9.17, 15) is 0 Å². The van der Waals surface area contributed by atoms with Gasteiger partial charge in [0.05, 0.1) is 5.52 Å². The second-order valence-corrected chi connectivity index (χ2v) is 4.23. The third kappa shape index (κ3) is 3.05. The van der Waals surface area contributed by atoms with Crippen LogP contribution in [-0.4, -0.2) is 11.0 Å². The molecule has 1 unspecified atom stereocenters. The quantitative estimate of drug-likeness (QED) is 0.808. The lowest BCUT2D eigenvalue weighted by atomic mass is 10.1. The molecule has 0 saturated heterocycles. The highest BCUT2D eigenvalue weighted by molar-refractivity contribution is 5.78. The number of para-hydroxylation sites is 1. The van der Waals surface area contributed by atoms with E-state index in [0.29, 0.717) is 6.04 Å². The van der Waals surface area contributed by atoms with Crippen molar-refractivity contribution in [3.05, 3.63) is 42.1 Å². The maximum absolute atomic E-state index is 5.27. The lowest BCUT2D eigenvalue weighted by molar-refractivity contribution is 0.559. The van der Waals surface area contributed by atoms with E-state index in [1.165, 1.54) is 10.9 Å². The van der Waals surface area contributed by atoms with Gasteiger partial charge in [-0.15, -0.1) is 12.3 Å². The van der Waals surface area contributed by atoms with E-state index in [1.54, 1.807) is 0 Å². The average molecular weight is 224 g/mol. The molecule has 17 heavy (non-hydrogen) atoms. The number of nitrogens with one attached hydrogen (secondary N) is 1. The van der Waals surface area contributed by atoms with E-state index in [-0.39, 0.29) is 0 Å². The van der Waals surface area contributed by atoms with Crippen molar-refractivity contribution in [1.82, 2.24) is 10.3 Å². The molecule has 2 aromatic rings. The zero-order valence-electron chi connectivity index (χ0n) is 9.98. The van der Waals surface area contributed by atoms with Gasteiger partial charge in [-0.25, -0.2) is 0 Å². The van der Waals surface area contributed by atoms with E-state index in [1.807, 2.05) is 24.4 Å². The normalized spacial score (nSPS) is 12.2. The number of terminal acetylenes is 1. The molecule has 0 aliphatic heterocycles. The summed E-state index contributed by atoms with van der Waals surface area (Å²) in [7, 11) is 0. The molecule has 86 valence electrons. The zero-order valence-corrected chi connectivity index (χ0v) is 9.98. The van der Waals surface area contributed by atoms with Crippen molar-refractivity contribution in [2.24, 2.45) is 0 Å². The van der Waals surface area contributed by atoms with Crippen molar-refractivity contribution in [3.8, 4) is 12.3 Å². The van der Waals surface area contributed by atoms with Gasteiger partial charge in [0.15, 0.2) is 0 Å². The number of nitrogens with zero attached hydrogens (tertiary/aromatic N) is 1. The first-order valence-corrected chi connectivity index (χ1v) is 5.80. The third-order valence-corrected chi connectivity index (χ3v) is 2.73. The van der Waals surface area contributed by atoms with Gasteiger partial charge < -0.3 is 5.32 Å². The fourth-order valence-corrected chi connectivity index (χ4v) is 1.75. The predicted molar refractivity (Wildman–Crippen MR) is 71.5 cm³/mol. The molecule has 1 aromatic heterocycles. The summed E-state index contributed by atoms with van der Waals surface area (Å²) < 4.78 is 0. The minimum absolute atomic E-state index is 0.339. The van der Waals surface area contributed by atoms with Crippen LogP contribution in [0, 0.1) is 12.3 Å². The summed E-state index contributed by atoms with van der Waals surface area (Å²) in [6.07, 6.45) is 7.94. The second kappa shape index (κ2) is 5.47. The molecule has 0 bridgehead atoms. The molecule has 0 radical (unpaired) electrons. The Hall–Kier alpha value is -1.85. The summed E-state index contributed by atoms with van der Waals surface area (Å²) in [5.74, 6) is 2.66. The van der Waals surface area contributed by atoms with Gasteiger partial charge in [0, 0.05) is 30.6 Å². The van der Waals surface area contributed by atoms with E-state index in [2.05, 4.69) is 35.3 Å². The van der Waals surface area contributed by atoms with Gasteiger partial charge in [0.1, 0.15) is 0 Å². The van der Waals surface area contributed by atoms with Crippen LogP contribution >= 0.6 is 0 Å². The summed E-state index contributed by atoms with van der Waals surface area (Å²) in [4.78, 5) is 4.42. The van der Waals surface area contributed by atoms with Crippen LogP contribution in [0.25, 0.3) is 10.9 Å². The molecule has 1 heterocycles. The Morgan fingerprint density at radius 3 is 3.06 bits per heavy atom. The molecule has 1 N–H and O–H groups in total. The lowest BCUT2D eigenvalue weighted by Gasteiger charge is -2.10. The van der Waals surface area contributed by atoms with Crippen molar-refractivity contribution in [2.45, 2.75) is 25.9 Å². The molecule has 2 heteroatoms. The number of pyridine rings is 1. The number of fused-ring (bicyclic) bond motifs is 1.